The number of carbonyl (C=O) groups excluding carboxylic acids is 1. The molecule has 2 aromatic heterocycles. The van der Waals surface area contributed by atoms with Gasteiger partial charge in [0.25, 0.3) is 0 Å². The topological polar surface area (TPSA) is 87.4 Å². The third kappa shape index (κ3) is 4.54. The summed E-state index contributed by atoms with van der Waals surface area (Å²) in [5.74, 6) is 2.82. The second-order valence-electron chi connectivity index (χ2n) is 7.71. The molecule has 2 N–H and O–H groups in total. The second kappa shape index (κ2) is 9.10. The Balaban J connectivity index is 0.00000240. The molecule has 2 aliphatic heterocycles. The van der Waals surface area contributed by atoms with Gasteiger partial charge in [0.2, 0.25) is 5.91 Å². The van der Waals surface area contributed by atoms with Crippen molar-refractivity contribution in [3.8, 4) is 5.82 Å². The Kier molecular flexibility index (Phi) is 6.76. The maximum Gasteiger partial charge on any atom is 0.220 e. The van der Waals surface area contributed by atoms with Crippen LogP contribution in [0.15, 0.2) is 35.7 Å². The first-order valence-corrected chi connectivity index (χ1v) is 9.77. The van der Waals surface area contributed by atoms with Gasteiger partial charge in [-0.25, -0.2) is 9.97 Å². The van der Waals surface area contributed by atoms with E-state index in [9.17, 15) is 4.79 Å². The van der Waals surface area contributed by atoms with Gasteiger partial charge in [-0.1, -0.05) is 6.07 Å². The van der Waals surface area contributed by atoms with Crippen LogP contribution in [0.5, 0.6) is 0 Å². The molecule has 2 aliphatic rings. The molecule has 0 saturated carbocycles. The fraction of sp³-hybridized carbons (Fsp3) is 0.500. The van der Waals surface area contributed by atoms with Crippen LogP contribution in [0.1, 0.15) is 30.7 Å². The number of aliphatic imine (C=N–C) groups is 1. The largest absolute Gasteiger partial charge is 0.355 e. The lowest BCUT2D eigenvalue weighted by atomic mass is 9.79. The number of rotatable bonds is 3. The van der Waals surface area contributed by atoms with E-state index in [2.05, 4.69) is 36.6 Å². The van der Waals surface area contributed by atoms with E-state index in [1.807, 2.05) is 30.8 Å². The first-order chi connectivity index (χ1) is 13.6. The molecule has 0 aliphatic carbocycles. The molecule has 29 heavy (non-hydrogen) atoms. The van der Waals surface area contributed by atoms with E-state index >= 15 is 0 Å². The quantitative estimate of drug-likeness (QED) is 0.375. The van der Waals surface area contributed by atoms with Crippen LogP contribution in [-0.2, 0) is 11.3 Å². The van der Waals surface area contributed by atoms with E-state index in [0.717, 1.165) is 55.6 Å². The number of guanidine groups is 1. The van der Waals surface area contributed by atoms with Gasteiger partial charge in [0.1, 0.15) is 11.6 Å². The molecule has 0 radical (unpaired) electrons. The Morgan fingerprint density at radius 2 is 2.24 bits per heavy atom. The van der Waals surface area contributed by atoms with Gasteiger partial charge in [-0.15, -0.1) is 24.0 Å². The highest BCUT2D eigenvalue weighted by atomic mass is 127. The number of aromatic nitrogens is 3. The van der Waals surface area contributed by atoms with E-state index in [1.54, 1.807) is 12.4 Å². The van der Waals surface area contributed by atoms with E-state index in [4.69, 9.17) is 0 Å². The van der Waals surface area contributed by atoms with Crippen molar-refractivity contribution in [1.82, 2.24) is 30.1 Å². The molecule has 4 rings (SSSR count). The van der Waals surface area contributed by atoms with Crippen LogP contribution >= 0.6 is 24.0 Å². The van der Waals surface area contributed by atoms with Crippen molar-refractivity contribution in [3.63, 3.8) is 0 Å². The number of hydrogen-bond donors (Lipinski definition) is 2. The molecule has 1 amide bonds. The van der Waals surface area contributed by atoms with Crippen molar-refractivity contribution in [2.45, 2.75) is 32.7 Å². The lowest BCUT2D eigenvalue weighted by molar-refractivity contribution is -0.119. The molecule has 2 saturated heterocycles. The van der Waals surface area contributed by atoms with Crippen molar-refractivity contribution in [2.75, 3.05) is 26.7 Å². The van der Waals surface area contributed by atoms with Crippen molar-refractivity contribution < 1.29 is 4.79 Å². The standard InChI is InChI=1S/C20H27N7O.HI/c1-15-22-8-10-27(15)18-16(5-3-7-23-18)12-24-19(21-2)26-9-4-6-20(14-26)11-17(28)25-13-20;/h3,5,7-8,10H,4,6,9,11-14H2,1-2H3,(H,21,24)(H,25,28);1H. The van der Waals surface area contributed by atoms with Crippen molar-refractivity contribution >= 4 is 35.8 Å². The fourth-order valence-corrected chi connectivity index (χ4v) is 4.32. The monoisotopic (exact) mass is 509 g/mol. The molecule has 2 aromatic rings. The van der Waals surface area contributed by atoms with Gasteiger partial charge in [-0.05, 0) is 25.8 Å². The minimum atomic E-state index is 0. The Morgan fingerprint density at radius 1 is 1.38 bits per heavy atom. The highest BCUT2D eigenvalue weighted by Gasteiger charge is 2.42. The summed E-state index contributed by atoms with van der Waals surface area (Å²) in [6.07, 6.45) is 8.28. The van der Waals surface area contributed by atoms with Crippen LogP contribution in [0.4, 0.5) is 0 Å². The van der Waals surface area contributed by atoms with E-state index < -0.39 is 0 Å². The van der Waals surface area contributed by atoms with Crippen molar-refractivity contribution in [2.24, 2.45) is 10.4 Å². The summed E-state index contributed by atoms with van der Waals surface area (Å²) >= 11 is 0. The number of piperidine rings is 1. The molecule has 0 aromatic carbocycles. The molecule has 8 nitrogen and oxygen atoms in total. The Hall–Kier alpha value is -2.17. The number of amides is 1. The van der Waals surface area contributed by atoms with Gasteiger partial charge in [-0.2, -0.15) is 0 Å². The minimum absolute atomic E-state index is 0. The maximum atomic E-state index is 11.8. The predicted octanol–water partition coefficient (Wildman–Crippen LogP) is 1.87. The number of likely N-dealkylation sites (tertiary alicyclic amines) is 1. The minimum Gasteiger partial charge on any atom is -0.355 e. The van der Waals surface area contributed by atoms with Crippen LogP contribution in [-0.4, -0.2) is 58.0 Å². The van der Waals surface area contributed by atoms with Gasteiger partial charge in [-0.3, -0.25) is 14.4 Å². The number of hydrogen-bond acceptors (Lipinski definition) is 4. The molecule has 2 fully saturated rings. The third-order valence-corrected chi connectivity index (χ3v) is 5.73. The van der Waals surface area contributed by atoms with Gasteiger partial charge >= 0.3 is 0 Å². The van der Waals surface area contributed by atoms with Crippen LogP contribution < -0.4 is 10.6 Å². The molecule has 1 unspecified atom stereocenters. The van der Waals surface area contributed by atoms with Crippen molar-refractivity contribution in [1.29, 1.82) is 0 Å². The van der Waals surface area contributed by atoms with Crippen LogP contribution in [0.3, 0.4) is 0 Å². The summed E-state index contributed by atoms with van der Waals surface area (Å²) in [6, 6.07) is 4.01. The molecule has 9 heteroatoms. The predicted molar refractivity (Wildman–Crippen MR) is 123 cm³/mol. The van der Waals surface area contributed by atoms with E-state index in [1.165, 1.54) is 0 Å². The molecule has 0 bridgehead atoms. The Bertz CT molecular complexity index is 896. The van der Waals surface area contributed by atoms with Gasteiger partial charge in [0, 0.05) is 69.2 Å². The second-order valence-corrected chi connectivity index (χ2v) is 7.71. The molecular weight excluding hydrogens is 481 g/mol. The van der Waals surface area contributed by atoms with Gasteiger partial charge in [0.05, 0.1) is 0 Å². The number of aryl methyl sites for hydroxylation is 1. The summed E-state index contributed by atoms with van der Waals surface area (Å²) in [5, 5.41) is 6.49. The average Bonchev–Trinajstić information content (AvgIpc) is 3.28. The number of pyridine rings is 1. The van der Waals surface area contributed by atoms with Gasteiger partial charge < -0.3 is 15.5 Å². The molecule has 1 atom stereocenters. The summed E-state index contributed by atoms with van der Waals surface area (Å²) in [7, 11) is 1.81. The maximum absolute atomic E-state index is 11.8. The lowest BCUT2D eigenvalue weighted by Gasteiger charge is -2.40. The molecule has 1 spiro atoms. The first kappa shape index (κ1) is 21.5. The number of halogens is 1. The Morgan fingerprint density at radius 3 is 2.93 bits per heavy atom. The molecule has 4 heterocycles. The van der Waals surface area contributed by atoms with Crippen molar-refractivity contribution in [3.05, 3.63) is 42.1 Å². The molecule has 156 valence electrons. The van der Waals surface area contributed by atoms with Gasteiger partial charge in [0.15, 0.2) is 5.96 Å². The van der Waals surface area contributed by atoms with E-state index in [0.29, 0.717) is 13.0 Å². The summed E-state index contributed by atoms with van der Waals surface area (Å²) in [6.45, 7) is 5.16. The third-order valence-electron chi connectivity index (χ3n) is 5.73. The SMILES string of the molecule is CN=C(NCc1cccnc1-n1ccnc1C)N1CCCC2(CNC(=O)C2)C1.I. The first-order valence-electron chi connectivity index (χ1n) is 9.77. The summed E-state index contributed by atoms with van der Waals surface area (Å²) in [5.41, 5.74) is 1.12. The normalized spacial score (nSPS) is 21.8. The summed E-state index contributed by atoms with van der Waals surface area (Å²) in [4.78, 5) is 27.4. The van der Waals surface area contributed by atoms with Crippen LogP contribution in [0.2, 0.25) is 0 Å². The zero-order valence-electron chi connectivity index (χ0n) is 16.9. The zero-order valence-corrected chi connectivity index (χ0v) is 19.2. The summed E-state index contributed by atoms with van der Waals surface area (Å²) < 4.78 is 1.99. The number of carbonyl (C=O) groups is 1. The Labute approximate surface area is 188 Å². The lowest BCUT2D eigenvalue weighted by Crippen LogP contribution is -2.51. The smallest absolute Gasteiger partial charge is 0.220 e. The average molecular weight is 509 g/mol. The van der Waals surface area contributed by atoms with E-state index in [-0.39, 0.29) is 35.3 Å². The van der Waals surface area contributed by atoms with Crippen LogP contribution in [0.25, 0.3) is 5.82 Å². The number of imidazole rings is 1. The number of nitrogens with one attached hydrogen (secondary N) is 2. The zero-order chi connectivity index (χ0) is 19.6. The highest BCUT2D eigenvalue weighted by Crippen LogP contribution is 2.36. The number of nitrogens with zero attached hydrogens (tertiary/aromatic N) is 5. The fourth-order valence-electron chi connectivity index (χ4n) is 4.32. The highest BCUT2D eigenvalue weighted by molar-refractivity contribution is 14.0. The molecular formula is C20H28IN7O. The van der Waals surface area contributed by atoms with Crippen LogP contribution in [0, 0.1) is 12.3 Å².